The van der Waals surface area contributed by atoms with E-state index in [0.717, 1.165) is 47.5 Å². The van der Waals surface area contributed by atoms with Crippen LogP contribution in [0.3, 0.4) is 0 Å². The van der Waals surface area contributed by atoms with Gasteiger partial charge in [-0.25, -0.2) is 4.79 Å². The molecule has 0 radical (unpaired) electrons. The SMILES string of the molecule is C=C(C)/C(COC(=O)N(C)C1CCCC1)=C(\OC)C1=CC=C(OC)C(C)(C)C1. The van der Waals surface area contributed by atoms with Gasteiger partial charge in [0.05, 0.1) is 14.2 Å². The van der Waals surface area contributed by atoms with E-state index < -0.39 is 0 Å². The van der Waals surface area contributed by atoms with Crippen LogP contribution in [0.2, 0.25) is 0 Å². The molecule has 0 heterocycles. The zero-order chi connectivity index (χ0) is 20.9. The minimum Gasteiger partial charge on any atom is -0.501 e. The van der Waals surface area contributed by atoms with Crippen molar-refractivity contribution in [2.24, 2.45) is 5.41 Å². The van der Waals surface area contributed by atoms with Gasteiger partial charge >= 0.3 is 6.09 Å². The van der Waals surface area contributed by atoms with E-state index in [1.165, 1.54) is 12.8 Å². The molecule has 0 saturated heterocycles. The molecular weight excluding hydrogens is 354 g/mol. The van der Waals surface area contributed by atoms with Gasteiger partial charge in [-0.05, 0) is 43.4 Å². The van der Waals surface area contributed by atoms with Crippen molar-refractivity contribution in [1.29, 1.82) is 0 Å². The van der Waals surface area contributed by atoms with Gasteiger partial charge in [0.2, 0.25) is 0 Å². The lowest BCUT2D eigenvalue weighted by Gasteiger charge is -2.32. The fourth-order valence-corrected chi connectivity index (χ4v) is 4.03. The second-order valence-corrected chi connectivity index (χ2v) is 8.38. The van der Waals surface area contributed by atoms with E-state index in [2.05, 4.69) is 20.4 Å². The summed E-state index contributed by atoms with van der Waals surface area (Å²) in [6.07, 6.45) is 8.92. The number of ether oxygens (including phenoxy) is 3. The van der Waals surface area contributed by atoms with Gasteiger partial charge in [0.15, 0.2) is 0 Å². The maximum Gasteiger partial charge on any atom is 0.410 e. The van der Waals surface area contributed by atoms with Gasteiger partial charge < -0.3 is 19.1 Å². The average Bonchev–Trinajstić information content (AvgIpc) is 3.17. The predicted octanol–water partition coefficient (Wildman–Crippen LogP) is 5.36. The molecule has 0 aromatic heterocycles. The molecule has 5 nitrogen and oxygen atoms in total. The number of methoxy groups -OCH3 is 2. The largest absolute Gasteiger partial charge is 0.501 e. The molecule has 2 aliphatic carbocycles. The number of allylic oxidation sites excluding steroid dienone is 4. The van der Waals surface area contributed by atoms with Gasteiger partial charge in [-0.3, -0.25) is 0 Å². The number of amides is 1. The van der Waals surface area contributed by atoms with E-state index in [4.69, 9.17) is 14.2 Å². The number of nitrogens with zero attached hydrogens (tertiary/aromatic N) is 1. The molecule has 0 atom stereocenters. The Bertz CT molecular complexity index is 693. The summed E-state index contributed by atoms with van der Waals surface area (Å²) in [5, 5.41) is 0. The van der Waals surface area contributed by atoms with E-state index in [-0.39, 0.29) is 24.2 Å². The van der Waals surface area contributed by atoms with E-state index in [9.17, 15) is 4.79 Å². The van der Waals surface area contributed by atoms with Gasteiger partial charge in [-0.2, -0.15) is 0 Å². The molecule has 0 aliphatic heterocycles. The van der Waals surface area contributed by atoms with E-state index >= 15 is 0 Å². The fourth-order valence-electron chi connectivity index (χ4n) is 4.03. The normalized spacial score (nSPS) is 19.9. The molecule has 0 spiro atoms. The first-order valence-corrected chi connectivity index (χ1v) is 9.99. The maximum atomic E-state index is 12.5. The van der Waals surface area contributed by atoms with Crippen molar-refractivity contribution in [2.45, 2.75) is 58.9 Å². The molecule has 0 aromatic rings. The van der Waals surface area contributed by atoms with Crippen molar-refractivity contribution in [2.75, 3.05) is 27.9 Å². The van der Waals surface area contributed by atoms with Crippen molar-refractivity contribution in [3.05, 3.63) is 47.0 Å². The zero-order valence-electron chi connectivity index (χ0n) is 18.3. The molecule has 156 valence electrons. The highest BCUT2D eigenvalue weighted by Gasteiger charge is 2.31. The number of hydrogen-bond acceptors (Lipinski definition) is 4. The minimum absolute atomic E-state index is 0.137. The molecule has 1 saturated carbocycles. The first-order valence-electron chi connectivity index (χ1n) is 9.99. The number of carbonyl (C=O) groups is 1. The second kappa shape index (κ2) is 9.35. The summed E-state index contributed by atoms with van der Waals surface area (Å²) in [7, 11) is 5.16. The van der Waals surface area contributed by atoms with Gasteiger partial charge in [0, 0.05) is 24.1 Å². The summed E-state index contributed by atoms with van der Waals surface area (Å²) in [5.74, 6) is 1.66. The summed E-state index contributed by atoms with van der Waals surface area (Å²) >= 11 is 0. The molecular formula is C23H35NO4. The predicted molar refractivity (Wildman–Crippen MR) is 112 cm³/mol. The van der Waals surface area contributed by atoms with Crippen LogP contribution in [0.25, 0.3) is 0 Å². The third-order valence-corrected chi connectivity index (χ3v) is 5.74. The van der Waals surface area contributed by atoms with E-state index in [1.807, 2.05) is 26.1 Å². The van der Waals surface area contributed by atoms with E-state index in [0.29, 0.717) is 0 Å². The van der Waals surface area contributed by atoms with Crippen LogP contribution in [0.1, 0.15) is 52.9 Å². The smallest absolute Gasteiger partial charge is 0.410 e. The molecule has 2 rings (SSSR count). The highest BCUT2D eigenvalue weighted by Crippen LogP contribution is 2.40. The van der Waals surface area contributed by atoms with Crippen molar-refractivity contribution >= 4 is 6.09 Å². The van der Waals surface area contributed by atoms with Crippen LogP contribution in [-0.2, 0) is 14.2 Å². The number of hydrogen-bond donors (Lipinski definition) is 0. The Balaban J connectivity index is 2.20. The Morgan fingerprint density at radius 3 is 2.39 bits per heavy atom. The molecule has 0 N–H and O–H groups in total. The lowest BCUT2D eigenvalue weighted by atomic mass is 9.79. The third-order valence-electron chi connectivity index (χ3n) is 5.74. The summed E-state index contributed by atoms with van der Waals surface area (Å²) in [6, 6.07) is 0.283. The Morgan fingerprint density at radius 2 is 1.89 bits per heavy atom. The Morgan fingerprint density at radius 1 is 1.25 bits per heavy atom. The molecule has 1 amide bonds. The van der Waals surface area contributed by atoms with Gasteiger partial charge in [-0.15, -0.1) is 0 Å². The average molecular weight is 390 g/mol. The van der Waals surface area contributed by atoms with Crippen LogP contribution in [0.15, 0.2) is 47.0 Å². The Hall–Kier alpha value is -2.17. The van der Waals surface area contributed by atoms with Crippen LogP contribution in [0.4, 0.5) is 4.79 Å². The van der Waals surface area contributed by atoms with Crippen LogP contribution < -0.4 is 0 Å². The molecule has 28 heavy (non-hydrogen) atoms. The Kier molecular flexibility index (Phi) is 7.39. The summed E-state index contributed by atoms with van der Waals surface area (Å²) in [6.45, 7) is 10.4. The van der Waals surface area contributed by atoms with Crippen LogP contribution >= 0.6 is 0 Å². The summed E-state index contributed by atoms with van der Waals surface area (Å²) < 4.78 is 16.9. The lowest BCUT2D eigenvalue weighted by molar-refractivity contribution is 0.104. The Labute approximate surface area is 169 Å². The van der Waals surface area contributed by atoms with Crippen molar-refractivity contribution in [3.8, 4) is 0 Å². The standard InChI is InChI=1S/C23H35NO4/c1-16(2)19(15-28-22(25)24(5)18-10-8-9-11-18)21(27-7)17-12-13-20(26-6)23(3,4)14-17/h12-13,18H,1,8-11,14-15H2,2-7H3/b21-19-. The molecule has 2 aliphatic rings. The summed E-state index contributed by atoms with van der Waals surface area (Å²) in [4.78, 5) is 14.2. The molecule has 0 aromatic carbocycles. The van der Waals surface area contributed by atoms with Gasteiger partial charge in [0.25, 0.3) is 0 Å². The zero-order valence-corrected chi connectivity index (χ0v) is 18.3. The second-order valence-electron chi connectivity index (χ2n) is 8.38. The summed E-state index contributed by atoms with van der Waals surface area (Å²) in [5.41, 5.74) is 2.55. The van der Waals surface area contributed by atoms with Gasteiger partial charge in [-0.1, -0.05) is 39.3 Å². The first kappa shape index (κ1) is 22.1. The quantitative estimate of drug-likeness (QED) is 0.434. The van der Waals surface area contributed by atoms with Crippen molar-refractivity contribution < 1.29 is 19.0 Å². The van der Waals surface area contributed by atoms with E-state index in [1.54, 1.807) is 19.1 Å². The highest BCUT2D eigenvalue weighted by atomic mass is 16.6. The van der Waals surface area contributed by atoms with Crippen molar-refractivity contribution in [1.82, 2.24) is 4.90 Å². The number of rotatable bonds is 7. The fraction of sp³-hybridized carbons (Fsp3) is 0.609. The van der Waals surface area contributed by atoms with Gasteiger partial charge in [0.1, 0.15) is 18.1 Å². The topological polar surface area (TPSA) is 48.0 Å². The molecule has 0 bridgehead atoms. The third kappa shape index (κ3) is 5.00. The molecule has 0 unspecified atom stereocenters. The first-order chi connectivity index (χ1) is 13.2. The van der Waals surface area contributed by atoms with Crippen LogP contribution in [-0.4, -0.2) is 44.9 Å². The minimum atomic E-state index is -0.291. The molecule has 1 fully saturated rings. The molecule has 5 heteroatoms. The van der Waals surface area contributed by atoms with Crippen LogP contribution in [0.5, 0.6) is 0 Å². The number of carbonyl (C=O) groups excluding carboxylic acids is 1. The van der Waals surface area contributed by atoms with Crippen LogP contribution in [0, 0.1) is 5.41 Å². The highest BCUT2D eigenvalue weighted by molar-refractivity contribution is 5.68. The van der Waals surface area contributed by atoms with Crippen molar-refractivity contribution in [3.63, 3.8) is 0 Å². The monoisotopic (exact) mass is 389 g/mol. The maximum absolute atomic E-state index is 12.5. The lowest BCUT2D eigenvalue weighted by Crippen LogP contribution is -2.36.